The lowest BCUT2D eigenvalue weighted by atomic mass is 9.89. The number of hydrogen-bond donors (Lipinski definition) is 2. The molecule has 5 heteroatoms. The summed E-state index contributed by atoms with van der Waals surface area (Å²) in [5.74, 6) is -2.58. The van der Waals surface area contributed by atoms with Gasteiger partial charge in [0.15, 0.2) is 11.6 Å². The van der Waals surface area contributed by atoms with Gasteiger partial charge in [-0.2, -0.15) is 0 Å². The molecule has 0 aromatic heterocycles. The monoisotopic (exact) mass is 297 g/mol. The first-order valence-electron chi connectivity index (χ1n) is 7.11. The van der Waals surface area contributed by atoms with Crippen LogP contribution in [0.1, 0.15) is 38.7 Å². The normalized spacial score (nSPS) is 22.8. The quantitative estimate of drug-likeness (QED) is 0.897. The lowest BCUT2D eigenvalue weighted by Crippen LogP contribution is -2.39. The Morgan fingerprint density at radius 1 is 1.43 bits per heavy atom. The second kappa shape index (κ2) is 5.72. The number of amides is 1. The highest BCUT2D eigenvalue weighted by Gasteiger charge is 2.45. The van der Waals surface area contributed by atoms with Gasteiger partial charge in [0.05, 0.1) is 6.10 Å². The van der Waals surface area contributed by atoms with E-state index in [0.717, 1.165) is 6.07 Å². The third-order valence-corrected chi connectivity index (χ3v) is 3.98. The van der Waals surface area contributed by atoms with E-state index in [4.69, 9.17) is 0 Å². The average molecular weight is 297 g/mol. The Labute approximate surface area is 123 Å². The number of rotatable bonds is 4. The van der Waals surface area contributed by atoms with E-state index in [-0.39, 0.29) is 35.3 Å². The lowest BCUT2D eigenvalue weighted by Gasteiger charge is -2.25. The van der Waals surface area contributed by atoms with Crippen LogP contribution in [0.15, 0.2) is 18.2 Å². The number of carbonyl (C=O) groups excluding carboxylic acids is 1. The van der Waals surface area contributed by atoms with Crippen molar-refractivity contribution in [3.05, 3.63) is 35.4 Å². The molecule has 1 aliphatic rings. The van der Waals surface area contributed by atoms with E-state index >= 15 is 0 Å². The summed E-state index contributed by atoms with van der Waals surface area (Å²) < 4.78 is 26.8. The second-order valence-electron chi connectivity index (χ2n) is 6.72. The molecule has 0 radical (unpaired) electrons. The zero-order valence-electron chi connectivity index (χ0n) is 12.5. The van der Waals surface area contributed by atoms with Crippen LogP contribution < -0.4 is 5.32 Å². The number of carbonyl (C=O) groups is 1. The molecular weight excluding hydrogens is 276 g/mol. The van der Waals surface area contributed by atoms with Crippen LogP contribution in [-0.2, 0) is 4.79 Å². The fourth-order valence-electron chi connectivity index (χ4n) is 2.27. The van der Waals surface area contributed by atoms with Gasteiger partial charge in [-0.3, -0.25) is 4.79 Å². The molecule has 2 rings (SSSR count). The van der Waals surface area contributed by atoms with Gasteiger partial charge >= 0.3 is 0 Å². The van der Waals surface area contributed by atoms with Gasteiger partial charge < -0.3 is 10.4 Å². The fourth-order valence-corrected chi connectivity index (χ4v) is 2.27. The fraction of sp³-hybridized carbons (Fsp3) is 0.562. The van der Waals surface area contributed by atoms with Crippen molar-refractivity contribution in [3.8, 4) is 0 Å². The second-order valence-corrected chi connectivity index (χ2v) is 6.72. The summed E-state index contributed by atoms with van der Waals surface area (Å²) in [7, 11) is 0. The highest BCUT2D eigenvalue weighted by atomic mass is 19.2. The van der Waals surface area contributed by atoms with E-state index in [1.54, 1.807) is 0 Å². The summed E-state index contributed by atoms with van der Waals surface area (Å²) in [5.41, 5.74) is -0.0585. The number of halogens is 2. The molecule has 2 N–H and O–H groups in total. The topological polar surface area (TPSA) is 49.3 Å². The van der Waals surface area contributed by atoms with Crippen LogP contribution in [-0.4, -0.2) is 23.7 Å². The first-order valence-corrected chi connectivity index (χ1v) is 7.11. The van der Waals surface area contributed by atoms with E-state index in [9.17, 15) is 18.7 Å². The number of aliphatic hydroxyl groups excluding tert-OH is 1. The molecule has 116 valence electrons. The molecule has 3 atom stereocenters. The van der Waals surface area contributed by atoms with Crippen molar-refractivity contribution < 1.29 is 18.7 Å². The number of nitrogens with one attached hydrogen (secondary N) is 1. The average Bonchev–Trinajstić information content (AvgIpc) is 3.17. The van der Waals surface area contributed by atoms with E-state index in [2.05, 4.69) is 5.32 Å². The summed E-state index contributed by atoms with van der Waals surface area (Å²) in [5, 5.41) is 12.6. The summed E-state index contributed by atoms with van der Waals surface area (Å²) in [6.07, 6.45) is -0.137. The van der Waals surface area contributed by atoms with Crippen LogP contribution in [0.2, 0.25) is 0 Å². The van der Waals surface area contributed by atoms with E-state index in [1.807, 2.05) is 20.8 Å². The summed E-state index contributed by atoms with van der Waals surface area (Å²) in [6.45, 7) is 5.81. The zero-order chi connectivity index (χ0) is 15.8. The molecule has 1 saturated carbocycles. The molecule has 1 amide bonds. The standard InChI is InChI=1S/C16H21F2NO2/c1-16(2,3)13(20)8-19-15(21)11-7-10(11)9-5-4-6-12(17)14(9)18/h4-6,10-11,13,20H,7-8H2,1-3H3,(H,19,21). The van der Waals surface area contributed by atoms with Crippen molar-refractivity contribution in [2.24, 2.45) is 11.3 Å². The van der Waals surface area contributed by atoms with E-state index in [1.165, 1.54) is 12.1 Å². The summed E-state index contributed by atoms with van der Waals surface area (Å²) in [4.78, 5) is 12.0. The first-order chi connectivity index (χ1) is 9.71. The van der Waals surface area contributed by atoms with Gasteiger partial charge in [0.25, 0.3) is 0 Å². The van der Waals surface area contributed by atoms with Crippen LogP contribution in [0.3, 0.4) is 0 Å². The molecule has 3 nitrogen and oxygen atoms in total. The van der Waals surface area contributed by atoms with Crippen molar-refractivity contribution in [1.82, 2.24) is 5.32 Å². The molecule has 1 aromatic rings. The Bertz CT molecular complexity index is 540. The Morgan fingerprint density at radius 2 is 2.10 bits per heavy atom. The minimum Gasteiger partial charge on any atom is -0.391 e. The van der Waals surface area contributed by atoms with Gasteiger partial charge in [0.1, 0.15) is 0 Å². The minimum atomic E-state index is -0.887. The molecule has 1 fully saturated rings. The molecule has 0 spiro atoms. The predicted octanol–water partition coefficient (Wildman–Crippen LogP) is 2.59. The summed E-state index contributed by atoms with van der Waals surface area (Å²) >= 11 is 0. The van der Waals surface area contributed by atoms with Gasteiger partial charge in [0, 0.05) is 12.5 Å². The van der Waals surface area contributed by atoms with Crippen molar-refractivity contribution in [2.45, 2.75) is 39.2 Å². The van der Waals surface area contributed by atoms with Gasteiger partial charge in [-0.15, -0.1) is 0 Å². The van der Waals surface area contributed by atoms with Gasteiger partial charge in [-0.25, -0.2) is 8.78 Å². The zero-order valence-corrected chi connectivity index (χ0v) is 12.5. The van der Waals surface area contributed by atoms with Crippen LogP contribution in [0.25, 0.3) is 0 Å². The van der Waals surface area contributed by atoms with E-state index in [0.29, 0.717) is 6.42 Å². The van der Waals surface area contributed by atoms with Gasteiger partial charge in [-0.05, 0) is 29.4 Å². The molecule has 1 aromatic carbocycles. The molecule has 1 aliphatic carbocycles. The minimum absolute atomic E-state index is 0.164. The molecule has 3 unspecified atom stereocenters. The van der Waals surface area contributed by atoms with E-state index < -0.39 is 17.7 Å². The maximum Gasteiger partial charge on any atom is 0.223 e. The van der Waals surface area contributed by atoms with Gasteiger partial charge in [0.2, 0.25) is 5.91 Å². The molecular formula is C16H21F2NO2. The molecule has 21 heavy (non-hydrogen) atoms. The predicted molar refractivity (Wildman–Crippen MR) is 75.7 cm³/mol. The Balaban J connectivity index is 1.91. The highest BCUT2D eigenvalue weighted by Crippen LogP contribution is 2.48. The molecule has 0 aliphatic heterocycles. The van der Waals surface area contributed by atoms with Crippen LogP contribution in [0.5, 0.6) is 0 Å². The molecule has 0 heterocycles. The van der Waals surface area contributed by atoms with Gasteiger partial charge in [-0.1, -0.05) is 32.9 Å². The highest BCUT2D eigenvalue weighted by molar-refractivity contribution is 5.82. The third kappa shape index (κ3) is 3.59. The summed E-state index contributed by atoms with van der Waals surface area (Å²) in [6, 6.07) is 4.03. The maximum atomic E-state index is 13.7. The van der Waals surface area contributed by atoms with Crippen LogP contribution >= 0.6 is 0 Å². The third-order valence-electron chi connectivity index (χ3n) is 3.98. The largest absolute Gasteiger partial charge is 0.391 e. The van der Waals surface area contributed by atoms with Crippen molar-refractivity contribution >= 4 is 5.91 Å². The first kappa shape index (κ1) is 15.9. The van der Waals surface area contributed by atoms with Crippen LogP contribution in [0, 0.1) is 23.0 Å². The van der Waals surface area contributed by atoms with Crippen molar-refractivity contribution in [2.75, 3.05) is 6.54 Å². The maximum absolute atomic E-state index is 13.7. The Kier molecular flexibility index (Phi) is 4.33. The number of hydrogen-bond acceptors (Lipinski definition) is 2. The smallest absolute Gasteiger partial charge is 0.223 e. The van der Waals surface area contributed by atoms with Crippen molar-refractivity contribution in [3.63, 3.8) is 0 Å². The van der Waals surface area contributed by atoms with Crippen LogP contribution in [0.4, 0.5) is 8.78 Å². The Morgan fingerprint density at radius 3 is 2.71 bits per heavy atom. The number of benzene rings is 1. The Hall–Kier alpha value is -1.49. The number of aliphatic hydroxyl groups is 1. The molecule has 0 bridgehead atoms. The lowest BCUT2D eigenvalue weighted by molar-refractivity contribution is -0.123. The SMILES string of the molecule is CC(C)(C)C(O)CNC(=O)C1CC1c1cccc(F)c1F. The van der Waals surface area contributed by atoms with Crippen molar-refractivity contribution in [1.29, 1.82) is 0 Å². The molecule has 0 saturated heterocycles.